The maximum absolute atomic E-state index is 12.0. The van der Waals surface area contributed by atoms with E-state index in [1.54, 1.807) is 0 Å². The highest BCUT2D eigenvalue weighted by Crippen LogP contribution is 2.16. The second kappa shape index (κ2) is 5.59. The summed E-state index contributed by atoms with van der Waals surface area (Å²) in [4.78, 5) is 23.4. The normalized spacial score (nSPS) is 10.2. The zero-order valence-electron chi connectivity index (χ0n) is 10.2. The summed E-state index contributed by atoms with van der Waals surface area (Å²) in [5.74, 6) is -0.01000. The average molecular weight is 218 g/mol. The molecule has 0 bridgehead atoms. The van der Waals surface area contributed by atoms with Crippen LogP contribution in [0.2, 0.25) is 0 Å². The summed E-state index contributed by atoms with van der Waals surface area (Å²) in [6, 6.07) is 5.74. The van der Waals surface area contributed by atoms with Gasteiger partial charge in [-0.3, -0.25) is 9.59 Å². The van der Waals surface area contributed by atoms with E-state index in [9.17, 15) is 9.59 Å². The Kier molecular flexibility index (Phi) is 4.41. The van der Waals surface area contributed by atoms with Crippen molar-refractivity contribution in [3.63, 3.8) is 0 Å². The van der Waals surface area contributed by atoms with Crippen LogP contribution in [0.15, 0.2) is 18.2 Å². The van der Waals surface area contributed by atoms with Crippen molar-refractivity contribution in [2.45, 2.75) is 40.0 Å². The first-order chi connectivity index (χ1) is 7.56. The quantitative estimate of drug-likeness (QED) is 0.561. The zero-order chi connectivity index (χ0) is 12.1. The molecule has 1 aromatic rings. The van der Waals surface area contributed by atoms with Crippen LogP contribution in [0.5, 0.6) is 0 Å². The molecule has 0 aromatic heterocycles. The number of ketones is 2. The van der Waals surface area contributed by atoms with Crippen molar-refractivity contribution in [2.75, 3.05) is 0 Å². The topological polar surface area (TPSA) is 34.1 Å². The van der Waals surface area contributed by atoms with Gasteiger partial charge in [0.05, 0.1) is 6.42 Å². The van der Waals surface area contributed by atoms with E-state index in [1.165, 1.54) is 0 Å². The average Bonchev–Trinajstić information content (AvgIpc) is 2.17. The van der Waals surface area contributed by atoms with E-state index in [2.05, 4.69) is 0 Å². The third-order valence-corrected chi connectivity index (χ3v) is 2.65. The molecule has 0 heterocycles. The number of aryl methyl sites for hydroxylation is 2. The Labute approximate surface area is 96.7 Å². The van der Waals surface area contributed by atoms with Gasteiger partial charge in [-0.2, -0.15) is 0 Å². The monoisotopic (exact) mass is 218 g/mol. The Hall–Kier alpha value is -1.44. The number of rotatable bonds is 5. The summed E-state index contributed by atoms with van der Waals surface area (Å²) >= 11 is 0. The first-order valence-electron chi connectivity index (χ1n) is 5.67. The van der Waals surface area contributed by atoms with Crippen LogP contribution in [-0.4, -0.2) is 11.6 Å². The molecule has 0 aliphatic heterocycles. The summed E-state index contributed by atoms with van der Waals surface area (Å²) in [6.45, 7) is 5.76. The van der Waals surface area contributed by atoms with Crippen LogP contribution in [-0.2, 0) is 4.79 Å². The van der Waals surface area contributed by atoms with E-state index >= 15 is 0 Å². The SMILES string of the molecule is CCCC(=O)CC(=O)c1c(C)cccc1C. The smallest absolute Gasteiger partial charge is 0.170 e. The van der Waals surface area contributed by atoms with Crippen molar-refractivity contribution in [3.8, 4) is 0 Å². The molecule has 1 aromatic carbocycles. The fourth-order valence-electron chi connectivity index (χ4n) is 1.89. The lowest BCUT2D eigenvalue weighted by molar-refractivity contribution is -0.118. The second-order valence-electron chi connectivity index (χ2n) is 4.16. The summed E-state index contributed by atoms with van der Waals surface area (Å²) in [5, 5.41) is 0. The van der Waals surface area contributed by atoms with Gasteiger partial charge in [0.2, 0.25) is 0 Å². The van der Waals surface area contributed by atoms with Crippen molar-refractivity contribution in [3.05, 3.63) is 34.9 Å². The number of hydrogen-bond donors (Lipinski definition) is 0. The fraction of sp³-hybridized carbons (Fsp3) is 0.429. The third kappa shape index (κ3) is 3.02. The molecule has 0 atom stereocenters. The standard InChI is InChI=1S/C14H18O2/c1-4-6-12(15)9-13(16)14-10(2)7-5-8-11(14)3/h5,7-8H,4,6,9H2,1-3H3. The molecular weight excluding hydrogens is 200 g/mol. The predicted molar refractivity (Wildman–Crippen MR) is 64.8 cm³/mol. The lowest BCUT2D eigenvalue weighted by Crippen LogP contribution is -2.10. The zero-order valence-corrected chi connectivity index (χ0v) is 10.2. The van der Waals surface area contributed by atoms with E-state index in [-0.39, 0.29) is 18.0 Å². The molecule has 16 heavy (non-hydrogen) atoms. The largest absolute Gasteiger partial charge is 0.299 e. The highest BCUT2D eigenvalue weighted by Gasteiger charge is 2.14. The van der Waals surface area contributed by atoms with Gasteiger partial charge in [-0.1, -0.05) is 25.1 Å². The van der Waals surface area contributed by atoms with Gasteiger partial charge in [0, 0.05) is 12.0 Å². The molecule has 0 spiro atoms. The van der Waals surface area contributed by atoms with Gasteiger partial charge in [0.25, 0.3) is 0 Å². The lowest BCUT2D eigenvalue weighted by atomic mass is 9.96. The lowest BCUT2D eigenvalue weighted by Gasteiger charge is -2.07. The Balaban J connectivity index is 2.85. The van der Waals surface area contributed by atoms with E-state index in [0.29, 0.717) is 12.0 Å². The van der Waals surface area contributed by atoms with Crippen LogP contribution in [0.25, 0.3) is 0 Å². The minimum Gasteiger partial charge on any atom is -0.299 e. The van der Waals surface area contributed by atoms with Crippen molar-refractivity contribution in [1.82, 2.24) is 0 Å². The van der Waals surface area contributed by atoms with E-state index in [1.807, 2.05) is 39.0 Å². The number of benzene rings is 1. The Morgan fingerprint density at radius 1 is 1.12 bits per heavy atom. The van der Waals surface area contributed by atoms with Crippen molar-refractivity contribution in [2.24, 2.45) is 0 Å². The summed E-state index contributed by atoms with van der Waals surface area (Å²) in [6.07, 6.45) is 1.34. The number of carbonyl (C=O) groups is 2. The highest BCUT2D eigenvalue weighted by atomic mass is 16.1. The molecule has 0 aliphatic rings. The van der Waals surface area contributed by atoms with Gasteiger partial charge in [-0.25, -0.2) is 0 Å². The molecular formula is C14H18O2. The first kappa shape index (κ1) is 12.6. The number of Topliss-reactive ketones (excluding diaryl/α,β-unsaturated/α-hetero) is 2. The summed E-state index contributed by atoms with van der Waals surface area (Å²) in [5.41, 5.74) is 2.62. The van der Waals surface area contributed by atoms with Gasteiger partial charge in [0.1, 0.15) is 5.78 Å². The van der Waals surface area contributed by atoms with Gasteiger partial charge in [-0.15, -0.1) is 0 Å². The van der Waals surface area contributed by atoms with Gasteiger partial charge in [-0.05, 0) is 31.4 Å². The van der Waals surface area contributed by atoms with Crippen molar-refractivity contribution in [1.29, 1.82) is 0 Å². The molecule has 0 fully saturated rings. The van der Waals surface area contributed by atoms with E-state index in [4.69, 9.17) is 0 Å². The van der Waals surface area contributed by atoms with Crippen molar-refractivity contribution >= 4 is 11.6 Å². The van der Waals surface area contributed by atoms with Crippen LogP contribution in [0.4, 0.5) is 0 Å². The Bertz CT molecular complexity index is 385. The minimum atomic E-state index is -0.0472. The maximum Gasteiger partial charge on any atom is 0.170 e. The molecule has 0 N–H and O–H groups in total. The van der Waals surface area contributed by atoms with Gasteiger partial charge >= 0.3 is 0 Å². The van der Waals surface area contributed by atoms with Crippen molar-refractivity contribution < 1.29 is 9.59 Å². The molecule has 1 rings (SSSR count). The predicted octanol–water partition coefficient (Wildman–Crippen LogP) is 3.25. The van der Waals surface area contributed by atoms with Gasteiger partial charge in [0.15, 0.2) is 5.78 Å². The third-order valence-electron chi connectivity index (χ3n) is 2.65. The number of carbonyl (C=O) groups excluding carboxylic acids is 2. The molecule has 0 saturated heterocycles. The molecule has 0 unspecified atom stereocenters. The van der Waals surface area contributed by atoms with Gasteiger partial charge < -0.3 is 0 Å². The van der Waals surface area contributed by atoms with Crippen LogP contribution < -0.4 is 0 Å². The molecule has 0 radical (unpaired) electrons. The van der Waals surface area contributed by atoms with Crippen LogP contribution in [0.1, 0.15) is 47.7 Å². The second-order valence-corrected chi connectivity index (χ2v) is 4.16. The minimum absolute atomic E-state index is 0.0372. The molecule has 2 heteroatoms. The Morgan fingerprint density at radius 2 is 1.69 bits per heavy atom. The van der Waals surface area contributed by atoms with E-state index < -0.39 is 0 Å². The molecule has 86 valence electrons. The summed E-state index contributed by atoms with van der Waals surface area (Å²) < 4.78 is 0. The summed E-state index contributed by atoms with van der Waals surface area (Å²) in [7, 11) is 0. The highest BCUT2D eigenvalue weighted by molar-refractivity contribution is 6.09. The Morgan fingerprint density at radius 3 is 2.19 bits per heavy atom. The van der Waals surface area contributed by atoms with Crippen LogP contribution in [0, 0.1) is 13.8 Å². The molecule has 0 saturated carbocycles. The fourth-order valence-corrected chi connectivity index (χ4v) is 1.89. The van der Waals surface area contributed by atoms with E-state index in [0.717, 1.165) is 17.5 Å². The first-order valence-corrected chi connectivity index (χ1v) is 5.67. The number of hydrogen-bond acceptors (Lipinski definition) is 2. The molecule has 0 aliphatic carbocycles. The molecule has 0 amide bonds. The molecule has 2 nitrogen and oxygen atoms in total. The van der Waals surface area contributed by atoms with Crippen LogP contribution >= 0.6 is 0 Å². The maximum atomic E-state index is 12.0. The van der Waals surface area contributed by atoms with Crippen LogP contribution in [0.3, 0.4) is 0 Å².